The maximum absolute atomic E-state index is 13.9. The second-order valence-corrected chi connectivity index (χ2v) is 11.6. The molecule has 40 heavy (non-hydrogen) atoms. The SMILES string of the molecule is CC(C)(C)C[C@H](NC(=O)C(=O)Nc1ccc2ncccc2c1)C(=O)N1C[C@]2(CC1C#N)C(=O)Nc1ccccc12. The fourth-order valence-corrected chi connectivity index (χ4v) is 5.56. The minimum atomic E-state index is -1.08. The number of pyridine rings is 1. The number of carbonyl (C=O) groups excluding carboxylic acids is 4. The topological polar surface area (TPSA) is 144 Å². The summed E-state index contributed by atoms with van der Waals surface area (Å²) >= 11 is 0. The van der Waals surface area contributed by atoms with E-state index in [4.69, 9.17) is 0 Å². The summed E-state index contributed by atoms with van der Waals surface area (Å²) in [5.74, 6) is -2.66. The lowest BCUT2D eigenvalue weighted by molar-refractivity contribution is -0.141. The third kappa shape index (κ3) is 4.98. The molecule has 3 aromatic rings. The van der Waals surface area contributed by atoms with Crippen LogP contribution in [0.4, 0.5) is 11.4 Å². The fraction of sp³-hybridized carbons (Fsp3) is 0.333. The van der Waals surface area contributed by atoms with Gasteiger partial charge in [-0.3, -0.25) is 24.2 Å². The van der Waals surface area contributed by atoms with Gasteiger partial charge in [0.2, 0.25) is 11.8 Å². The summed E-state index contributed by atoms with van der Waals surface area (Å²) < 4.78 is 0. The number of hydrogen-bond acceptors (Lipinski definition) is 6. The van der Waals surface area contributed by atoms with E-state index < -0.39 is 40.6 Å². The monoisotopic (exact) mass is 538 g/mol. The fourth-order valence-electron chi connectivity index (χ4n) is 5.56. The average Bonchev–Trinajstić information content (AvgIpc) is 3.44. The number of hydrogen-bond donors (Lipinski definition) is 3. The van der Waals surface area contributed by atoms with E-state index in [1.54, 1.807) is 36.5 Å². The molecule has 1 unspecified atom stereocenters. The largest absolute Gasteiger partial charge is 0.336 e. The molecule has 0 aliphatic carbocycles. The smallest absolute Gasteiger partial charge is 0.313 e. The van der Waals surface area contributed by atoms with Crippen molar-refractivity contribution in [2.75, 3.05) is 17.2 Å². The molecular weight excluding hydrogens is 508 g/mol. The highest BCUT2D eigenvalue weighted by Crippen LogP contribution is 2.46. The standard InChI is InChI=1S/C30H30N6O4/c1-29(2,3)15-24(34-26(38)25(37)33-19-10-11-22-18(13-19)7-6-12-32-22)27(39)36-17-30(14-20(36)16-31)21-8-4-5-9-23(21)35-28(30)40/h4-13,20,24H,14-15,17H2,1-3H3,(H,33,37)(H,34,38)(H,35,40)/t20?,24-,30-/m0/s1. The Morgan fingerprint density at radius 1 is 1.15 bits per heavy atom. The highest BCUT2D eigenvalue weighted by atomic mass is 16.2. The van der Waals surface area contributed by atoms with Crippen LogP contribution in [-0.4, -0.2) is 52.1 Å². The predicted molar refractivity (Wildman–Crippen MR) is 149 cm³/mol. The van der Waals surface area contributed by atoms with Gasteiger partial charge in [0.05, 0.1) is 17.0 Å². The van der Waals surface area contributed by atoms with E-state index in [9.17, 15) is 24.4 Å². The maximum atomic E-state index is 13.9. The van der Waals surface area contributed by atoms with Crippen molar-refractivity contribution in [1.82, 2.24) is 15.2 Å². The molecule has 0 radical (unpaired) electrons. The number of likely N-dealkylation sites (tertiary alicyclic amines) is 1. The molecule has 1 fully saturated rings. The molecule has 1 spiro atoms. The molecule has 5 rings (SSSR count). The molecule has 0 bridgehead atoms. The number of carbonyl (C=O) groups is 4. The summed E-state index contributed by atoms with van der Waals surface area (Å²) in [6.07, 6.45) is 2.03. The zero-order chi connectivity index (χ0) is 28.7. The molecule has 204 valence electrons. The zero-order valence-electron chi connectivity index (χ0n) is 22.5. The van der Waals surface area contributed by atoms with Crippen molar-refractivity contribution >= 4 is 45.9 Å². The number of anilines is 2. The van der Waals surface area contributed by atoms with Crippen LogP contribution in [-0.2, 0) is 24.6 Å². The van der Waals surface area contributed by atoms with Gasteiger partial charge in [-0.15, -0.1) is 0 Å². The number of nitriles is 1. The summed E-state index contributed by atoms with van der Waals surface area (Å²) in [5, 5.41) is 18.8. The van der Waals surface area contributed by atoms with Crippen LogP contribution in [0.3, 0.4) is 0 Å². The Morgan fingerprint density at radius 2 is 1.93 bits per heavy atom. The summed E-state index contributed by atoms with van der Waals surface area (Å²) in [7, 11) is 0. The van der Waals surface area contributed by atoms with Crippen molar-refractivity contribution < 1.29 is 19.2 Å². The second kappa shape index (κ2) is 10.1. The van der Waals surface area contributed by atoms with Gasteiger partial charge < -0.3 is 20.9 Å². The van der Waals surface area contributed by atoms with Gasteiger partial charge in [0.1, 0.15) is 12.1 Å². The Kier molecular flexibility index (Phi) is 6.75. The first-order chi connectivity index (χ1) is 19.0. The lowest BCUT2D eigenvalue weighted by Gasteiger charge is -2.31. The van der Waals surface area contributed by atoms with Crippen LogP contribution < -0.4 is 16.0 Å². The van der Waals surface area contributed by atoms with Crippen LogP contribution >= 0.6 is 0 Å². The molecule has 2 aliphatic heterocycles. The predicted octanol–water partition coefficient (Wildman–Crippen LogP) is 3.11. The van der Waals surface area contributed by atoms with Crippen molar-refractivity contribution in [3.05, 3.63) is 66.4 Å². The molecule has 10 nitrogen and oxygen atoms in total. The van der Waals surface area contributed by atoms with Gasteiger partial charge in [-0.2, -0.15) is 5.26 Å². The molecule has 1 saturated heterocycles. The number of nitrogens with zero attached hydrogens (tertiary/aromatic N) is 3. The highest BCUT2D eigenvalue weighted by molar-refractivity contribution is 6.40. The van der Waals surface area contributed by atoms with E-state index in [-0.39, 0.29) is 25.3 Å². The van der Waals surface area contributed by atoms with E-state index in [2.05, 4.69) is 27.0 Å². The molecule has 2 aromatic carbocycles. The van der Waals surface area contributed by atoms with Gasteiger partial charge in [-0.05, 0) is 47.7 Å². The highest BCUT2D eigenvalue weighted by Gasteiger charge is 2.56. The number of amides is 4. The quantitative estimate of drug-likeness (QED) is 0.436. The minimum absolute atomic E-state index is 0.000736. The average molecular weight is 539 g/mol. The molecule has 10 heteroatoms. The van der Waals surface area contributed by atoms with E-state index in [1.807, 2.05) is 45.0 Å². The van der Waals surface area contributed by atoms with Crippen LogP contribution in [0.2, 0.25) is 0 Å². The Balaban J connectivity index is 1.36. The lowest BCUT2D eigenvalue weighted by Crippen LogP contribution is -2.53. The number of aromatic nitrogens is 1. The van der Waals surface area contributed by atoms with Gasteiger partial charge >= 0.3 is 11.8 Å². The van der Waals surface area contributed by atoms with Crippen LogP contribution in [0.1, 0.15) is 39.2 Å². The third-order valence-corrected chi connectivity index (χ3v) is 7.40. The number of nitrogens with one attached hydrogen (secondary N) is 3. The maximum Gasteiger partial charge on any atom is 0.313 e. The first kappa shape index (κ1) is 26.8. The zero-order valence-corrected chi connectivity index (χ0v) is 22.5. The molecular formula is C30H30N6O4. The van der Waals surface area contributed by atoms with Crippen molar-refractivity contribution in [1.29, 1.82) is 5.26 Å². The molecule has 4 amide bonds. The minimum Gasteiger partial charge on any atom is -0.336 e. The van der Waals surface area contributed by atoms with E-state index in [0.717, 1.165) is 16.5 Å². The number of rotatable bonds is 4. The van der Waals surface area contributed by atoms with Gasteiger partial charge in [-0.25, -0.2) is 0 Å². The van der Waals surface area contributed by atoms with Crippen LogP contribution in [0.15, 0.2) is 60.8 Å². The lowest BCUT2D eigenvalue weighted by atomic mass is 9.80. The van der Waals surface area contributed by atoms with Gasteiger partial charge in [-0.1, -0.05) is 45.0 Å². The molecule has 3 atom stereocenters. The van der Waals surface area contributed by atoms with E-state index >= 15 is 0 Å². The second-order valence-electron chi connectivity index (χ2n) is 11.6. The molecule has 2 aliphatic rings. The van der Waals surface area contributed by atoms with Crippen molar-refractivity contribution in [3.63, 3.8) is 0 Å². The number of benzene rings is 2. The Bertz CT molecular complexity index is 1570. The molecule has 0 saturated carbocycles. The van der Waals surface area contributed by atoms with Crippen molar-refractivity contribution in [2.24, 2.45) is 5.41 Å². The summed E-state index contributed by atoms with van der Waals surface area (Å²) in [5.41, 5.74) is 1.12. The van der Waals surface area contributed by atoms with Gasteiger partial charge in [0.15, 0.2) is 0 Å². The first-order valence-corrected chi connectivity index (χ1v) is 13.1. The van der Waals surface area contributed by atoms with Crippen molar-refractivity contribution in [2.45, 2.75) is 51.1 Å². The normalized spacial score (nSPS) is 20.5. The van der Waals surface area contributed by atoms with Crippen LogP contribution in [0.25, 0.3) is 10.9 Å². The molecule has 3 heterocycles. The first-order valence-electron chi connectivity index (χ1n) is 13.1. The third-order valence-electron chi connectivity index (χ3n) is 7.40. The van der Waals surface area contributed by atoms with Crippen molar-refractivity contribution in [3.8, 4) is 6.07 Å². The Morgan fingerprint density at radius 3 is 2.67 bits per heavy atom. The molecule has 1 aromatic heterocycles. The summed E-state index contributed by atoms with van der Waals surface area (Å²) in [6.45, 7) is 5.74. The van der Waals surface area contributed by atoms with Crippen LogP contribution in [0.5, 0.6) is 0 Å². The Labute approximate surface area is 231 Å². The number of fused-ring (bicyclic) bond motifs is 3. The van der Waals surface area contributed by atoms with E-state index in [1.165, 1.54) is 4.90 Å². The Hall–Kier alpha value is -4.78. The van der Waals surface area contributed by atoms with Gasteiger partial charge in [0.25, 0.3) is 0 Å². The molecule has 3 N–H and O–H groups in total. The van der Waals surface area contributed by atoms with Gasteiger partial charge in [0, 0.05) is 35.9 Å². The van der Waals surface area contributed by atoms with E-state index in [0.29, 0.717) is 11.4 Å². The van der Waals surface area contributed by atoms with Crippen LogP contribution in [0, 0.1) is 16.7 Å². The summed E-state index contributed by atoms with van der Waals surface area (Å²) in [4.78, 5) is 58.5. The number of para-hydroxylation sites is 1. The summed E-state index contributed by atoms with van der Waals surface area (Å²) in [6, 6.07) is 16.2.